The smallest absolute Gasteiger partial charge is 0.269 e. The molecule has 0 radical (unpaired) electrons. The molecule has 3 rings (SSSR count). The maximum atomic E-state index is 12.2. The van der Waals surface area contributed by atoms with Gasteiger partial charge in [-0.15, -0.1) is 16.8 Å². The summed E-state index contributed by atoms with van der Waals surface area (Å²) in [5.74, 6) is 0.195. The minimum absolute atomic E-state index is 0.0332. The van der Waals surface area contributed by atoms with Gasteiger partial charge in [-0.1, -0.05) is 30.0 Å². The molecule has 3 aromatic rings. The number of rotatable bonds is 10. The summed E-state index contributed by atoms with van der Waals surface area (Å²) in [5, 5.41) is 19.5. The molecule has 34 heavy (non-hydrogen) atoms. The van der Waals surface area contributed by atoms with Crippen molar-refractivity contribution in [1.29, 1.82) is 0 Å². The summed E-state index contributed by atoms with van der Waals surface area (Å²) in [7, 11) is 0. The Balaban J connectivity index is 1.52. The molecule has 0 saturated heterocycles. The van der Waals surface area contributed by atoms with E-state index in [0.717, 1.165) is 17.3 Å². The Bertz CT molecular complexity index is 1190. The van der Waals surface area contributed by atoms with Crippen LogP contribution in [-0.4, -0.2) is 37.3 Å². The Morgan fingerprint density at radius 3 is 2.65 bits per heavy atom. The van der Waals surface area contributed by atoms with Crippen molar-refractivity contribution in [2.24, 2.45) is 0 Å². The number of nitrogens with one attached hydrogen (secondary N) is 2. The van der Waals surface area contributed by atoms with Gasteiger partial charge in [0.1, 0.15) is 12.4 Å². The number of aromatic nitrogens is 3. The topological polar surface area (TPSA) is 141 Å². The molecular weight excluding hydrogens is 460 g/mol. The second-order valence-electron chi connectivity index (χ2n) is 7.00. The molecule has 2 amide bonds. The number of thioether (sulfide) groups is 1. The van der Waals surface area contributed by atoms with Gasteiger partial charge in [-0.3, -0.25) is 35.1 Å². The third-order valence-corrected chi connectivity index (χ3v) is 5.42. The summed E-state index contributed by atoms with van der Waals surface area (Å²) in [4.78, 5) is 34.4. The van der Waals surface area contributed by atoms with E-state index in [1.165, 1.54) is 24.3 Å². The number of nitro benzene ring substituents is 1. The van der Waals surface area contributed by atoms with Gasteiger partial charge >= 0.3 is 0 Å². The van der Waals surface area contributed by atoms with Crippen LogP contribution in [0.15, 0.2) is 66.3 Å². The number of hydrogen-bond donors (Lipinski definition) is 2. The zero-order valence-corrected chi connectivity index (χ0v) is 19.1. The molecule has 0 unspecified atom stereocenters. The number of hydrazine groups is 1. The number of allylic oxidation sites excluding steroid dienone is 1. The lowest BCUT2D eigenvalue weighted by Crippen LogP contribution is -2.42. The van der Waals surface area contributed by atoms with Crippen molar-refractivity contribution in [2.45, 2.75) is 25.2 Å². The molecule has 1 aromatic heterocycles. The second-order valence-corrected chi connectivity index (χ2v) is 7.94. The Kier molecular flexibility index (Phi) is 8.35. The first-order valence-corrected chi connectivity index (χ1v) is 11.0. The van der Waals surface area contributed by atoms with Gasteiger partial charge in [0.05, 0.1) is 10.7 Å². The Hall–Kier alpha value is -4.19. The summed E-state index contributed by atoms with van der Waals surface area (Å²) in [6.07, 6.45) is 1.69. The van der Waals surface area contributed by atoms with Crippen LogP contribution in [-0.2, 0) is 17.9 Å². The van der Waals surface area contributed by atoms with Crippen LogP contribution in [0.1, 0.15) is 21.7 Å². The molecule has 2 N–H and O–H groups in total. The highest BCUT2D eigenvalue weighted by atomic mass is 32.2. The van der Waals surface area contributed by atoms with E-state index in [1.54, 1.807) is 10.6 Å². The zero-order chi connectivity index (χ0) is 24.5. The lowest BCUT2D eigenvalue weighted by Gasteiger charge is -2.10. The van der Waals surface area contributed by atoms with Crippen molar-refractivity contribution in [3.8, 4) is 5.75 Å². The molecule has 0 aliphatic carbocycles. The summed E-state index contributed by atoms with van der Waals surface area (Å²) in [6.45, 7) is 6.35. The number of nitro groups is 1. The van der Waals surface area contributed by atoms with Gasteiger partial charge in [-0.05, 0) is 36.8 Å². The number of non-ortho nitro benzene ring substituents is 1. The molecule has 0 aliphatic rings. The monoisotopic (exact) mass is 482 g/mol. The van der Waals surface area contributed by atoms with E-state index in [0.29, 0.717) is 23.3 Å². The zero-order valence-electron chi connectivity index (χ0n) is 18.3. The van der Waals surface area contributed by atoms with Crippen LogP contribution in [0.5, 0.6) is 5.75 Å². The highest BCUT2D eigenvalue weighted by molar-refractivity contribution is 7.99. The van der Waals surface area contributed by atoms with E-state index in [2.05, 4.69) is 27.6 Å². The van der Waals surface area contributed by atoms with Crippen LogP contribution in [0.2, 0.25) is 0 Å². The summed E-state index contributed by atoms with van der Waals surface area (Å²) in [6, 6.07) is 12.7. The lowest BCUT2D eigenvalue weighted by atomic mass is 10.2. The number of amides is 2. The molecule has 12 heteroatoms. The van der Waals surface area contributed by atoms with Gasteiger partial charge in [0.25, 0.3) is 11.6 Å². The van der Waals surface area contributed by atoms with Crippen molar-refractivity contribution in [3.63, 3.8) is 0 Å². The van der Waals surface area contributed by atoms with Crippen LogP contribution >= 0.6 is 11.8 Å². The molecule has 0 bridgehead atoms. The lowest BCUT2D eigenvalue weighted by molar-refractivity contribution is -0.384. The number of carbonyl (C=O) groups excluding carboxylic acids is 2. The van der Waals surface area contributed by atoms with Crippen molar-refractivity contribution in [2.75, 3.05) is 5.75 Å². The molecule has 11 nitrogen and oxygen atoms in total. The predicted octanol–water partition coefficient (Wildman–Crippen LogP) is 2.81. The first-order valence-electron chi connectivity index (χ1n) is 10.1. The second kappa shape index (κ2) is 11.6. The van der Waals surface area contributed by atoms with Gasteiger partial charge in [0, 0.05) is 24.2 Å². The van der Waals surface area contributed by atoms with Crippen molar-refractivity contribution < 1.29 is 19.2 Å². The first kappa shape index (κ1) is 24.5. The molecule has 0 saturated carbocycles. The minimum Gasteiger partial charge on any atom is -0.486 e. The summed E-state index contributed by atoms with van der Waals surface area (Å²) in [5.41, 5.74) is 5.69. The fourth-order valence-electron chi connectivity index (χ4n) is 2.80. The van der Waals surface area contributed by atoms with E-state index >= 15 is 0 Å². The maximum absolute atomic E-state index is 12.2. The number of carbonyl (C=O) groups is 2. The average molecular weight is 483 g/mol. The Morgan fingerprint density at radius 1 is 1.21 bits per heavy atom. The third-order valence-electron chi connectivity index (χ3n) is 4.45. The molecule has 0 atom stereocenters. The quantitative estimate of drug-likeness (QED) is 0.194. The predicted molar refractivity (Wildman–Crippen MR) is 125 cm³/mol. The summed E-state index contributed by atoms with van der Waals surface area (Å²) >= 11 is 1.14. The maximum Gasteiger partial charge on any atom is 0.269 e. The van der Waals surface area contributed by atoms with Crippen molar-refractivity contribution in [3.05, 3.63) is 88.3 Å². The standard InChI is InChI=1S/C22H22N6O5S/c1-3-11-27-19(13-33-18-6-4-5-15(2)12-18)23-26-22(27)34-14-20(29)24-25-21(30)16-7-9-17(10-8-16)28(31)32/h3-10,12H,1,11,13-14H2,2H3,(H,24,29)(H,25,30). The van der Waals surface area contributed by atoms with E-state index in [1.807, 2.05) is 31.2 Å². The highest BCUT2D eigenvalue weighted by Gasteiger charge is 2.15. The molecule has 176 valence electrons. The van der Waals surface area contributed by atoms with Gasteiger partial charge in [-0.2, -0.15) is 0 Å². The molecule has 0 spiro atoms. The van der Waals surface area contributed by atoms with E-state index in [-0.39, 0.29) is 23.6 Å². The summed E-state index contributed by atoms with van der Waals surface area (Å²) < 4.78 is 7.58. The van der Waals surface area contributed by atoms with Gasteiger partial charge in [0.15, 0.2) is 11.0 Å². The van der Waals surface area contributed by atoms with Crippen molar-refractivity contribution in [1.82, 2.24) is 25.6 Å². The molecule has 2 aromatic carbocycles. The van der Waals surface area contributed by atoms with Crippen LogP contribution < -0.4 is 15.6 Å². The fraction of sp³-hybridized carbons (Fsp3) is 0.182. The number of benzene rings is 2. The van der Waals surface area contributed by atoms with Gasteiger partial charge in [0.2, 0.25) is 5.91 Å². The Labute approximate surface area is 199 Å². The van der Waals surface area contributed by atoms with Crippen LogP contribution in [0.25, 0.3) is 0 Å². The molecule has 0 aliphatic heterocycles. The minimum atomic E-state index is -0.598. The molecule has 1 heterocycles. The van der Waals surface area contributed by atoms with Gasteiger partial charge < -0.3 is 4.74 Å². The number of ether oxygens (including phenoxy) is 1. The Morgan fingerprint density at radius 2 is 1.97 bits per heavy atom. The highest BCUT2D eigenvalue weighted by Crippen LogP contribution is 2.19. The van der Waals surface area contributed by atoms with Crippen LogP contribution in [0.4, 0.5) is 5.69 Å². The SMILES string of the molecule is C=CCn1c(COc2cccc(C)c2)nnc1SCC(=O)NNC(=O)c1ccc([N+](=O)[O-])cc1. The average Bonchev–Trinajstić information content (AvgIpc) is 3.21. The molecule has 0 fully saturated rings. The molecular formula is C22H22N6O5S. The normalized spacial score (nSPS) is 10.4. The number of hydrogen-bond acceptors (Lipinski definition) is 8. The van der Waals surface area contributed by atoms with Crippen LogP contribution in [0.3, 0.4) is 0 Å². The van der Waals surface area contributed by atoms with E-state index in [4.69, 9.17) is 4.74 Å². The van der Waals surface area contributed by atoms with Crippen LogP contribution in [0, 0.1) is 17.0 Å². The largest absolute Gasteiger partial charge is 0.486 e. The number of aryl methyl sites for hydroxylation is 1. The fourth-order valence-corrected chi connectivity index (χ4v) is 3.56. The number of nitrogens with zero attached hydrogens (tertiary/aromatic N) is 4. The first-order chi connectivity index (χ1) is 16.4. The van der Waals surface area contributed by atoms with E-state index in [9.17, 15) is 19.7 Å². The third kappa shape index (κ3) is 6.65. The van der Waals surface area contributed by atoms with E-state index < -0.39 is 16.7 Å². The van der Waals surface area contributed by atoms with Crippen molar-refractivity contribution >= 4 is 29.3 Å². The van der Waals surface area contributed by atoms with Gasteiger partial charge in [-0.25, -0.2) is 0 Å².